The highest BCUT2D eigenvalue weighted by Gasteiger charge is 2.27. The number of aromatic nitrogens is 5. The molecule has 2 aromatic heterocycles. The molecule has 0 saturated carbocycles. The fraction of sp³-hybridized carbons (Fsp3) is 0.643. The number of hydrogen-bond acceptors (Lipinski definition) is 7. The Kier molecular flexibility index (Phi) is 4.47. The third kappa shape index (κ3) is 3.15. The molecule has 0 atom stereocenters. The molecule has 2 aliphatic heterocycles. The average molecular weight is 364 g/mol. The van der Waals surface area contributed by atoms with Gasteiger partial charge in [0.1, 0.15) is 0 Å². The first-order valence-electron chi connectivity index (χ1n) is 8.50. The van der Waals surface area contributed by atoms with Crippen LogP contribution in [0.1, 0.15) is 18.9 Å². The van der Waals surface area contributed by atoms with Gasteiger partial charge in [-0.25, -0.2) is 4.68 Å². The molecule has 2 aromatic rings. The third-order valence-electron chi connectivity index (χ3n) is 4.84. The van der Waals surface area contributed by atoms with E-state index >= 15 is 0 Å². The number of nitrogens with zero attached hydrogens (tertiary/aromatic N) is 7. The van der Waals surface area contributed by atoms with Crippen molar-refractivity contribution in [3.8, 4) is 0 Å². The maximum atomic E-state index is 11.5. The van der Waals surface area contributed by atoms with Crippen molar-refractivity contribution in [2.24, 2.45) is 0 Å². The monoisotopic (exact) mass is 363 g/mol. The van der Waals surface area contributed by atoms with Crippen molar-refractivity contribution in [2.45, 2.75) is 18.9 Å². The van der Waals surface area contributed by atoms with Gasteiger partial charge in [-0.05, 0) is 24.4 Å². The van der Waals surface area contributed by atoms with Gasteiger partial charge in [0.2, 0.25) is 13.1 Å². The number of likely N-dealkylation sites (tertiary alicyclic amines) is 1. The second-order valence-electron chi connectivity index (χ2n) is 6.36. The fourth-order valence-corrected chi connectivity index (χ4v) is 3.62. The van der Waals surface area contributed by atoms with Crippen molar-refractivity contribution in [1.29, 1.82) is 0 Å². The summed E-state index contributed by atoms with van der Waals surface area (Å²) >= 11 is 6.17. The van der Waals surface area contributed by atoms with Crippen LogP contribution in [0, 0.1) is 0 Å². The molecule has 2 aliphatic rings. The van der Waals surface area contributed by atoms with Crippen molar-refractivity contribution in [3.63, 3.8) is 0 Å². The molecule has 11 heteroatoms. The minimum atomic E-state index is 0.113. The first-order valence-corrected chi connectivity index (χ1v) is 8.88. The van der Waals surface area contributed by atoms with Gasteiger partial charge in [0.15, 0.2) is 22.8 Å². The summed E-state index contributed by atoms with van der Waals surface area (Å²) in [5.41, 5.74) is 1.32. The topological polar surface area (TPSA) is 89.3 Å². The molecule has 132 valence electrons. The molecular weight excluding hydrogens is 344 g/mol. The first-order chi connectivity index (χ1) is 12.1. The van der Waals surface area contributed by atoms with E-state index in [2.05, 4.69) is 25.2 Å². The summed E-state index contributed by atoms with van der Waals surface area (Å²) in [4.78, 5) is 24.2. The van der Waals surface area contributed by atoms with Crippen LogP contribution in [0.15, 0.2) is 0 Å². The Morgan fingerprint density at radius 3 is 2.56 bits per heavy atom. The van der Waals surface area contributed by atoms with Crippen LogP contribution in [0.4, 0.5) is 10.6 Å². The van der Waals surface area contributed by atoms with Crippen molar-refractivity contribution in [3.05, 3.63) is 5.28 Å². The van der Waals surface area contributed by atoms with E-state index in [-0.39, 0.29) is 17.1 Å². The number of piperidine rings is 1. The molecule has 2 fully saturated rings. The number of anilines is 1. The van der Waals surface area contributed by atoms with E-state index in [1.165, 1.54) is 0 Å². The van der Waals surface area contributed by atoms with Crippen LogP contribution in [0.2, 0.25) is 5.28 Å². The van der Waals surface area contributed by atoms with Gasteiger partial charge in [0, 0.05) is 26.2 Å². The molecule has 25 heavy (non-hydrogen) atoms. The molecule has 0 radical (unpaired) electrons. The predicted molar refractivity (Wildman–Crippen MR) is 94.9 cm³/mol. The average Bonchev–Trinajstić information content (AvgIpc) is 3.05. The molecule has 0 aliphatic carbocycles. The van der Waals surface area contributed by atoms with E-state index in [9.17, 15) is 4.79 Å². The molecule has 9 nitrogen and oxygen atoms in total. The summed E-state index contributed by atoms with van der Waals surface area (Å²) in [5, 5.41) is 8.85. The highest BCUT2D eigenvalue weighted by molar-refractivity contribution is 6.56. The van der Waals surface area contributed by atoms with E-state index in [1.54, 1.807) is 7.85 Å². The van der Waals surface area contributed by atoms with Crippen molar-refractivity contribution in [2.75, 3.05) is 44.3 Å². The number of hydrogen-bond donors (Lipinski definition) is 0. The highest BCUT2D eigenvalue weighted by atomic mass is 35.5. The molecule has 0 aromatic carbocycles. The zero-order valence-corrected chi connectivity index (χ0v) is 14.8. The summed E-state index contributed by atoms with van der Waals surface area (Å²) < 4.78 is 7.24. The quantitative estimate of drug-likeness (QED) is 0.552. The van der Waals surface area contributed by atoms with Crippen LogP contribution in [-0.4, -0.2) is 82.9 Å². The van der Waals surface area contributed by atoms with Crippen LogP contribution >= 0.6 is 11.6 Å². The molecule has 0 spiro atoms. The number of ether oxygens (including phenoxy) is 1. The van der Waals surface area contributed by atoms with Crippen LogP contribution in [-0.2, 0) is 4.74 Å². The molecule has 0 unspecified atom stereocenters. The standard InChI is InChI=1S/C14H19BClN7O2/c15-13(24)22-3-1-9(2-4-22)23-12-10(19-20-23)11(17-14(16)18-12)21-5-7-25-8-6-21/h9H,1-8,15H2. The van der Waals surface area contributed by atoms with Crippen molar-refractivity contribution < 1.29 is 9.53 Å². The minimum absolute atomic E-state index is 0.113. The molecule has 0 bridgehead atoms. The zero-order valence-electron chi connectivity index (χ0n) is 14.1. The third-order valence-corrected chi connectivity index (χ3v) is 5.01. The fourth-order valence-electron chi connectivity index (χ4n) is 3.46. The molecule has 4 heterocycles. The Morgan fingerprint density at radius 2 is 1.88 bits per heavy atom. The van der Waals surface area contributed by atoms with E-state index in [0.717, 1.165) is 39.0 Å². The van der Waals surface area contributed by atoms with Gasteiger partial charge in [-0.3, -0.25) is 4.79 Å². The number of rotatable bonds is 2. The predicted octanol–water partition coefficient (Wildman–Crippen LogP) is 0.101. The van der Waals surface area contributed by atoms with E-state index in [1.807, 2.05) is 9.58 Å². The Hall–Kier alpha value is -1.94. The maximum Gasteiger partial charge on any atom is 0.226 e. The number of fused-ring (bicyclic) bond motifs is 1. The number of amides is 1. The van der Waals surface area contributed by atoms with E-state index in [4.69, 9.17) is 16.3 Å². The van der Waals surface area contributed by atoms with Gasteiger partial charge in [-0.15, -0.1) is 5.10 Å². The van der Waals surface area contributed by atoms with Gasteiger partial charge in [0.05, 0.1) is 19.3 Å². The van der Waals surface area contributed by atoms with Crippen LogP contribution in [0.5, 0.6) is 0 Å². The van der Waals surface area contributed by atoms with Gasteiger partial charge >= 0.3 is 0 Å². The van der Waals surface area contributed by atoms with Crippen LogP contribution < -0.4 is 4.90 Å². The van der Waals surface area contributed by atoms with Crippen molar-refractivity contribution in [1.82, 2.24) is 29.9 Å². The Labute approximate surface area is 150 Å². The number of morpholine rings is 1. The number of halogens is 1. The summed E-state index contributed by atoms with van der Waals surface area (Å²) in [5.74, 6) is 0.826. The lowest BCUT2D eigenvalue weighted by atomic mass is 10.0. The van der Waals surface area contributed by atoms with Crippen LogP contribution in [0.25, 0.3) is 11.2 Å². The lowest BCUT2D eigenvalue weighted by Crippen LogP contribution is -2.38. The molecule has 2 saturated heterocycles. The summed E-state index contributed by atoms with van der Waals surface area (Å²) in [6, 6.07) is 0.157. The Bertz CT molecular complexity index is 787. The smallest absolute Gasteiger partial charge is 0.226 e. The largest absolute Gasteiger partial charge is 0.378 e. The highest BCUT2D eigenvalue weighted by Crippen LogP contribution is 2.29. The minimum Gasteiger partial charge on any atom is -0.378 e. The van der Waals surface area contributed by atoms with Gasteiger partial charge in [-0.1, -0.05) is 5.21 Å². The van der Waals surface area contributed by atoms with Crippen molar-refractivity contribution >= 4 is 42.2 Å². The lowest BCUT2D eigenvalue weighted by molar-refractivity contribution is 0.122. The van der Waals surface area contributed by atoms with Gasteiger partial charge < -0.3 is 14.5 Å². The molecule has 1 amide bonds. The number of carbonyl (C=O) groups excluding carboxylic acids is 1. The molecule has 4 rings (SSSR count). The zero-order chi connectivity index (χ0) is 17.4. The summed E-state index contributed by atoms with van der Waals surface area (Å²) in [6.45, 7) is 4.23. The Morgan fingerprint density at radius 1 is 1.16 bits per heavy atom. The first kappa shape index (κ1) is 16.5. The van der Waals surface area contributed by atoms with E-state index < -0.39 is 0 Å². The second kappa shape index (κ2) is 6.76. The van der Waals surface area contributed by atoms with Crippen LogP contribution in [0.3, 0.4) is 0 Å². The second-order valence-corrected chi connectivity index (χ2v) is 6.70. The lowest BCUT2D eigenvalue weighted by Gasteiger charge is -2.31. The molecule has 0 N–H and O–H groups in total. The van der Waals surface area contributed by atoms with Gasteiger partial charge in [-0.2, -0.15) is 9.97 Å². The summed E-state index contributed by atoms with van der Waals surface area (Å²) in [6.07, 6.45) is 1.65. The maximum absolute atomic E-state index is 11.5. The number of carbonyl (C=O) groups is 1. The SMILES string of the molecule is BC(=O)N1CCC(n2nnc3c(N4CCOCC4)nc(Cl)nc32)CC1. The van der Waals surface area contributed by atoms with E-state index in [0.29, 0.717) is 30.2 Å². The van der Waals surface area contributed by atoms with Gasteiger partial charge in [0.25, 0.3) is 0 Å². The Balaban J connectivity index is 1.65. The summed E-state index contributed by atoms with van der Waals surface area (Å²) in [7, 11) is 1.60. The normalized spacial score (nSPS) is 19.6. The molecular formula is C14H19BClN7O2.